The van der Waals surface area contributed by atoms with Crippen LogP contribution in [0.2, 0.25) is 5.02 Å². The molecule has 7 nitrogen and oxygen atoms in total. The minimum absolute atomic E-state index is 0.0344. The molecule has 3 aromatic rings. The van der Waals surface area contributed by atoms with E-state index in [0.717, 1.165) is 5.56 Å². The number of sulfone groups is 1. The van der Waals surface area contributed by atoms with Crippen molar-refractivity contribution in [2.75, 3.05) is 11.1 Å². The molecule has 0 aliphatic carbocycles. The summed E-state index contributed by atoms with van der Waals surface area (Å²) in [5.74, 6) is -0.253. The van der Waals surface area contributed by atoms with E-state index in [1.54, 1.807) is 48.5 Å². The number of rotatable bonds is 8. The lowest BCUT2D eigenvalue weighted by molar-refractivity contribution is -0.116. The smallest absolute Gasteiger partial charge is 0.322 e. The molecule has 9 heteroatoms. The van der Waals surface area contributed by atoms with Gasteiger partial charge in [0.2, 0.25) is 11.8 Å². The van der Waals surface area contributed by atoms with Crippen molar-refractivity contribution in [1.29, 1.82) is 0 Å². The predicted octanol–water partition coefficient (Wildman–Crippen LogP) is 3.72. The lowest BCUT2D eigenvalue weighted by atomic mass is 10.2. The molecule has 0 bridgehead atoms. The Morgan fingerprint density at radius 3 is 2.46 bits per heavy atom. The summed E-state index contributed by atoms with van der Waals surface area (Å²) in [6, 6.07) is 15.7. The third kappa shape index (κ3) is 5.90. The number of nitrogens with zero attached hydrogens (tertiary/aromatic N) is 2. The Labute approximate surface area is 167 Å². The topological polar surface area (TPSA) is 102 Å². The second-order valence-corrected chi connectivity index (χ2v) is 8.77. The van der Waals surface area contributed by atoms with Crippen molar-refractivity contribution >= 4 is 33.4 Å². The Morgan fingerprint density at radius 2 is 1.75 bits per heavy atom. The molecule has 0 aliphatic rings. The number of benzene rings is 2. The van der Waals surface area contributed by atoms with Gasteiger partial charge in [-0.25, -0.2) is 8.42 Å². The third-order valence-corrected chi connectivity index (χ3v) is 5.79. The van der Waals surface area contributed by atoms with E-state index in [4.69, 9.17) is 16.0 Å². The van der Waals surface area contributed by atoms with Gasteiger partial charge in [-0.05, 0) is 36.2 Å². The zero-order valence-electron chi connectivity index (χ0n) is 14.8. The Bertz CT molecular complexity index is 1030. The minimum Gasteiger partial charge on any atom is -0.403 e. The molecule has 1 amide bonds. The van der Waals surface area contributed by atoms with E-state index < -0.39 is 9.84 Å². The fourth-order valence-electron chi connectivity index (χ4n) is 2.52. The van der Waals surface area contributed by atoms with E-state index in [1.807, 2.05) is 6.07 Å². The van der Waals surface area contributed by atoms with Gasteiger partial charge in [-0.3, -0.25) is 10.1 Å². The van der Waals surface area contributed by atoms with Gasteiger partial charge in [0.05, 0.1) is 11.5 Å². The van der Waals surface area contributed by atoms with Gasteiger partial charge in [-0.1, -0.05) is 47.0 Å². The maximum Gasteiger partial charge on any atom is 0.322 e. The van der Waals surface area contributed by atoms with E-state index in [9.17, 15) is 13.2 Å². The van der Waals surface area contributed by atoms with Crippen LogP contribution in [0.3, 0.4) is 0 Å². The van der Waals surface area contributed by atoms with E-state index >= 15 is 0 Å². The van der Waals surface area contributed by atoms with Crippen molar-refractivity contribution in [3.63, 3.8) is 0 Å². The molecular formula is C19H18ClN3O4S. The molecule has 0 saturated carbocycles. The van der Waals surface area contributed by atoms with Crippen molar-refractivity contribution in [1.82, 2.24) is 10.2 Å². The molecule has 1 heterocycles. The van der Waals surface area contributed by atoms with Crippen molar-refractivity contribution < 1.29 is 17.6 Å². The average molecular weight is 420 g/mol. The van der Waals surface area contributed by atoms with Crippen LogP contribution in [-0.2, 0) is 20.4 Å². The van der Waals surface area contributed by atoms with Crippen LogP contribution in [0, 0.1) is 0 Å². The number of halogens is 1. The lowest BCUT2D eigenvalue weighted by Gasteiger charge is -2.04. The molecule has 3 rings (SSSR count). The van der Waals surface area contributed by atoms with Gasteiger partial charge in [0.25, 0.3) is 0 Å². The highest BCUT2D eigenvalue weighted by molar-refractivity contribution is 7.90. The molecule has 146 valence electrons. The van der Waals surface area contributed by atoms with Crippen LogP contribution in [-0.4, -0.2) is 30.3 Å². The molecule has 0 unspecified atom stereocenters. The molecule has 0 atom stereocenters. The normalized spacial score (nSPS) is 11.3. The third-order valence-electron chi connectivity index (χ3n) is 3.85. The number of amides is 1. The van der Waals surface area contributed by atoms with Gasteiger partial charge < -0.3 is 4.42 Å². The van der Waals surface area contributed by atoms with Crippen LogP contribution in [0.1, 0.15) is 18.4 Å². The standard InChI is InChI=1S/C19H18ClN3O4S/c20-16-10-8-15(9-11-16)18-22-23-19(27-18)21-17(24)7-4-12-28(25,26)13-14-5-2-1-3-6-14/h1-3,5-6,8-11H,4,7,12-13H2,(H,21,23,24). The summed E-state index contributed by atoms with van der Waals surface area (Å²) in [4.78, 5) is 12.0. The summed E-state index contributed by atoms with van der Waals surface area (Å²) in [6.07, 6.45) is 0.242. The Balaban J connectivity index is 1.47. The van der Waals surface area contributed by atoms with Crippen molar-refractivity contribution in [3.05, 3.63) is 65.2 Å². The predicted molar refractivity (Wildman–Crippen MR) is 107 cm³/mol. The molecule has 1 aromatic heterocycles. The van der Waals surface area contributed by atoms with Crippen molar-refractivity contribution in [3.8, 4) is 11.5 Å². The first kappa shape index (κ1) is 20.0. The number of carbonyl (C=O) groups excluding carboxylic acids is 1. The number of hydrogen-bond donors (Lipinski definition) is 1. The fourth-order valence-corrected chi connectivity index (χ4v) is 4.07. The lowest BCUT2D eigenvalue weighted by Crippen LogP contribution is -2.15. The molecule has 0 radical (unpaired) electrons. The molecule has 28 heavy (non-hydrogen) atoms. The molecule has 1 N–H and O–H groups in total. The van der Waals surface area contributed by atoms with E-state index in [1.165, 1.54) is 0 Å². The largest absolute Gasteiger partial charge is 0.403 e. The molecular weight excluding hydrogens is 402 g/mol. The fraction of sp³-hybridized carbons (Fsp3) is 0.211. The van der Waals surface area contributed by atoms with Crippen LogP contribution in [0.5, 0.6) is 0 Å². The zero-order chi connectivity index (χ0) is 20.0. The Kier molecular flexibility index (Phi) is 6.43. The second-order valence-electron chi connectivity index (χ2n) is 6.15. The number of hydrogen-bond acceptors (Lipinski definition) is 6. The number of carbonyl (C=O) groups is 1. The number of aromatic nitrogens is 2. The van der Waals surface area contributed by atoms with Gasteiger partial charge in [-0.2, -0.15) is 0 Å². The highest BCUT2D eigenvalue weighted by atomic mass is 35.5. The second kappa shape index (κ2) is 8.99. The summed E-state index contributed by atoms with van der Waals surface area (Å²) >= 11 is 5.83. The maximum atomic E-state index is 12.1. The van der Waals surface area contributed by atoms with Crippen LogP contribution in [0.4, 0.5) is 6.01 Å². The van der Waals surface area contributed by atoms with Crippen LogP contribution < -0.4 is 5.32 Å². The van der Waals surface area contributed by atoms with Gasteiger partial charge >= 0.3 is 6.01 Å². The quantitative estimate of drug-likeness (QED) is 0.596. The monoisotopic (exact) mass is 419 g/mol. The SMILES string of the molecule is O=C(CCCS(=O)(=O)Cc1ccccc1)Nc1nnc(-c2ccc(Cl)cc2)o1. The highest BCUT2D eigenvalue weighted by Gasteiger charge is 2.15. The summed E-state index contributed by atoms with van der Waals surface area (Å²) < 4.78 is 29.7. The number of nitrogens with one attached hydrogen (secondary N) is 1. The average Bonchev–Trinajstić information content (AvgIpc) is 3.11. The van der Waals surface area contributed by atoms with Crippen LogP contribution in [0.25, 0.3) is 11.5 Å². The minimum atomic E-state index is -3.28. The first-order chi connectivity index (χ1) is 13.4. The summed E-state index contributed by atoms with van der Waals surface area (Å²) in [6.45, 7) is 0. The summed E-state index contributed by atoms with van der Waals surface area (Å²) in [7, 11) is -3.28. The van der Waals surface area contributed by atoms with Gasteiger partial charge in [0.1, 0.15) is 0 Å². The molecule has 0 spiro atoms. The Hall–Kier alpha value is -2.71. The zero-order valence-corrected chi connectivity index (χ0v) is 16.4. The van der Waals surface area contributed by atoms with Crippen LogP contribution >= 0.6 is 11.6 Å². The van der Waals surface area contributed by atoms with E-state index in [2.05, 4.69) is 15.5 Å². The van der Waals surface area contributed by atoms with Crippen molar-refractivity contribution in [2.24, 2.45) is 0 Å². The van der Waals surface area contributed by atoms with Gasteiger partial charge in [0.15, 0.2) is 9.84 Å². The Morgan fingerprint density at radius 1 is 1.04 bits per heavy atom. The van der Waals surface area contributed by atoms with Crippen LogP contribution in [0.15, 0.2) is 59.0 Å². The molecule has 0 aliphatic heterocycles. The van der Waals surface area contributed by atoms with E-state index in [-0.39, 0.29) is 42.2 Å². The maximum absolute atomic E-state index is 12.1. The van der Waals surface area contributed by atoms with E-state index in [0.29, 0.717) is 10.6 Å². The summed E-state index contributed by atoms with van der Waals surface area (Å²) in [5.41, 5.74) is 1.40. The first-order valence-electron chi connectivity index (χ1n) is 8.55. The molecule has 0 fully saturated rings. The van der Waals surface area contributed by atoms with Crippen molar-refractivity contribution in [2.45, 2.75) is 18.6 Å². The highest BCUT2D eigenvalue weighted by Crippen LogP contribution is 2.21. The first-order valence-corrected chi connectivity index (χ1v) is 10.7. The van der Waals surface area contributed by atoms with Gasteiger partial charge in [0, 0.05) is 17.0 Å². The number of anilines is 1. The van der Waals surface area contributed by atoms with Gasteiger partial charge in [-0.15, -0.1) is 5.10 Å². The molecule has 0 saturated heterocycles. The summed E-state index contributed by atoms with van der Waals surface area (Å²) in [5, 5.41) is 10.7. The molecule has 2 aromatic carbocycles.